The SMILES string of the molecule is Cl.O=[S-](=NCCN1CCCC1)c1ccc(-c2ccccc2)s1. The molecule has 1 fully saturated rings. The van der Waals surface area contributed by atoms with Gasteiger partial charge in [-0.2, -0.15) is 21.9 Å². The van der Waals surface area contributed by atoms with Gasteiger partial charge in [-0.3, -0.25) is 0 Å². The Hall–Kier alpha value is -0.880. The van der Waals surface area contributed by atoms with Gasteiger partial charge in [0.25, 0.3) is 0 Å². The fraction of sp³-hybridized carbons (Fsp3) is 0.375. The quantitative estimate of drug-likeness (QED) is 0.743. The maximum atomic E-state index is 12.2. The molecule has 1 aliphatic rings. The minimum Gasteiger partial charge on any atom is -0.439 e. The van der Waals surface area contributed by atoms with E-state index in [0.29, 0.717) is 6.54 Å². The van der Waals surface area contributed by atoms with Gasteiger partial charge in [-0.05, 0) is 41.8 Å². The van der Waals surface area contributed by atoms with Crippen LogP contribution >= 0.6 is 23.7 Å². The van der Waals surface area contributed by atoms with E-state index < -0.39 is 10.6 Å². The molecule has 0 saturated carbocycles. The Labute approximate surface area is 144 Å². The van der Waals surface area contributed by atoms with Crippen molar-refractivity contribution in [3.05, 3.63) is 42.5 Å². The van der Waals surface area contributed by atoms with Gasteiger partial charge in [0, 0.05) is 18.0 Å². The topological polar surface area (TPSA) is 32.7 Å². The lowest BCUT2D eigenvalue weighted by atomic mass is 10.2. The highest BCUT2D eigenvalue weighted by Gasteiger charge is 2.09. The average molecular weight is 356 g/mol. The fourth-order valence-electron chi connectivity index (χ4n) is 2.51. The van der Waals surface area contributed by atoms with Crippen LogP contribution in [0.1, 0.15) is 12.8 Å². The maximum absolute atomic E-state index is 12.2. The van der Waals surface area contributed by atoms with Crippen LogP contribution in [0.2, 0.25) is 0 Å². The highest BCUT2D eigenvalue weighted by atomic mass is 35.5. The lowest BCUT2D eigenvalue weighted by molar-refractivity contribution is 0.349. The molecule has 1 saturated heterocycles. The summed E-state index contributed by atoms with van der Waals surface area (Å²) in [5.41, 5.74) is 1.17. The summed E-state index contributed by atoms with van der Waals surface area (Å²) in [6.45, 7) is 3.92. The van der Waals surface area contributed by atoms with Gasteiger partial charge in [0.1, 0.15) is 0 Å². The van der Waals surface area contributed by atoms with Gasteiger partial charge in [0.05, 0.1) is 0 Å². The van der Waals surface area contributed by atoms with E-state index in [1.807, 2.05) is 30.3 Å². The molecule has 0 spiro atoms. The molecule has 1 aromatic carbocycles. The standard InChI is InChI=1S/C16H19N2OS2.ClH/c19-21(17-10-13-18-11-4-5-12-18)16-9-8-15(20-16)14-6-2-1-3-7-14;/h1-3,6-9H,4-5,10-13H2;1H/q-1;. The number of thiophene rings is 1. The molecule has 0 N–H and O–H groups in total. The first-order valence-electron chi connectivity index (χ1n) is 7.30. The van der Waals surface area contributed by atoms with Crippen LogP contribution in [0.5, 0.6) is 0 Å². The highest BCUT2D eigenvalue weighted by molar-refractivity contribution is 7.77. The lowest BCUT2D eigenvalue weighted by Gasteiger charge is -2.13. The first-order chi connectivity index (χ1) is 10.3. The molecule has 6 heteroatoms. The lowest BCUT2D eigenvalue weighted by Crippen LogP contribution is -2.22. The third kappa shape index (κ3) is 4.56. The normalized spacial score (nSPS) is 16.5. The van der Waals surface area contributed by atoms with Gasteiger partial charge in [0.15, 0.2) is 0 Å². The molecule has 2 heterocycles. The number of benzene rings is 1. The Balaban J connectivity index is 0.00000176. The molecular weight excluding hydrogens is 336 g/mol. The molecule has 0 bridgehead atoms. The Kier molecular flexibility index (Phi) is 6.89. The van der Waals surface area contributed by atoms with Gasteiger partial charge in [-0.1, -0.05) is 36.4 Å². The second-order valence-corrected chi connectivity index (χ2v) is 7.67. The number of halogens is 1. The van der Waals surface area contributed by atoms with Crippen molar-refractivity contribution in [2.75, 3.05) is 26.2 Å². The molecule has 1 aromatic heterocycles. The van der Waals surface area contributed by atoms with Crippen molar-refractivity contribution < 1.29 is 4.21 Å². The second kappa shape index (κ2) is 8.67. The smallest absolute Gasteiger partial charge is 0.0326 e. The van der Waals surface area contributed by atoms with E-state index in [1.54, 1.807) is 11.3 Å². The summed E-state index contributed by atoms with van der Waals surface area (Å²) in [5.74, 6) is 0. The van der Waals surface area contributed by atoms with E-state index in [9.17, 15) is 4.21 Å². The van der Waals surface area contributed by atoms with Gasteiger partial charge in [-0.25, -0.2) is 0 Å². The molecule has 2 aromatic rings. The average Bonchev–Trinajstić information content (AvgIpc) is 3.20. The first kappa shape index (κ1) is 17.5. The second-order valence-electron chi connectivity index (χ2n) is 5.14. The zero-order valence-electron chi connectivity index (χ0n) is 12.3. The molecule has 0 unspecified atom stereocenters. The first-order valence-corrected chi connectivity index (χ1v) is 9.22. The van der Waals surface area contributed by atoms with Crippen LogP contribution in [0.25, 0.3) is 10.4 Å². The van der Waals surface area contributed by atoms with E-state index in [-0.39, 0.29) is 12.4 Å². The number of hydrogen-bond acceptors (Lipinski definition) is 5. The number of hydrogen-bond donors (Lipinski definition) is 0. The van der Waals surface area contributed by atoms with Crippen LogP contribution in [-0.2, 0) is 14.8 Å². The molecule has 3 nitrogen and oxygen atoms in total. The van der Waals surface area contributed by atoms with E-state index in [2.05, 4.69) is 21.4 Å². The van der Waals surface area contributed by atoms with Crippen molar-refractivity contribution in [2.24, 2.45) is 4.36 Å². The fourth-order valence-corrected chi connectivity index (χ4v) is 4.52. The molecule has 22 heavy (non-hydrogen) atoms. The van der Waals surface area contributed by atoms with Crippen molar-refractivity contribution in [3.8, 4) is 10.4 Å². The van der Waals surface area contributed by atoms with E-state index >= 15 is 0 Å². The Bertz CT molecular complexity index is 660. The third-order valence-electron chi connectivity index (χ3n) is 3.64. The largest absolute Gasteiger partial charge is 0.439 e. The van der Waals surface area contributed by atoms with Gasteiger partial charge in [-0.15, -0.1) is 12.4 Å². The molecule has 0 amide bonds. The van der Waals surface area contributed by atoms with E-state index in [0.717, 1.165) is 15.6 Å². The number of nitrogens with zero attached hydrogens (tertiary/aromatic N) is 2. The van der Waals surface area contributed by atoms with E-state index in [4.69, 9.17) is 0 Å². The molecule has 3 rings (SSSR count). The summed E-state index contributed by atoms with van der Waals surface area (Å²) in [6.07, 6.45) is 2.57. The van der Waals surface area contributed by atoms with Gasteiger partial charge in [0.2, 0.25) is 0 Å². The van der Waals surface area contributed by atoms with Crippen LogP contribution in [0.15, 0.2) is 51.0 Å². The zero-order chi connectivity index (χ0) is 14.5. The van der Waals surface area contributed by atoms with Crippen LogP contribution in [0, 0.1) is 0 Å². The molecule has 1 aliphatic heterocycles. The van der Waals surface area contributed by atoms with Crippen molar-refractivity contribution >= 4 is 34.3 Å². The summed E-state index contributed by atoms with van der Waals surface area (Å²) in [6, 6.07) is 14.2. The van der Waals surface area contributed by atoms with Crippen LogP contribution < -0.4 is 0 Å². The van der Waals surface area contributed by atoms with Crippen LogP contribution in [0.4, 0.5) is 0 Å². The monoisotopic (exact) mass is 355 g/mol. The highest BCUT2D eigenvalue weighted by Crippen LogP contribution is 2.28. The predicted molar refractivity (Wildman–Crippen MR) is 96.3 cm³/mol. The van der Waals surface area contributed by atoms with Crippen molar-refractivity contribution in [1.29, 1.82) is 0 Å². The van der Waals surface area contributed by atoms with Gasteiger partial charge >= 0.3 is 0 Å². The molecular formula is C16H20ClN2OS2-. The third-order valence-corrected chi connectivity index (χ3v) is 6.14. The van der Waals surface area contributed by atoms with Crippen molar-refractivity contribution in [1.82, 2.24) is 4.90 Å². The summed E-state index contributed by atoms with van der Waals surface area (Å²) < 4.78 is 17.3. The van der Waals surface area contributed by atoms with Gasteiger partial charge < -0.3 is 13.5 Å². The summed E-state index contributed by atoms with van der Waals surface area (Å²) in [4.78, 5) is 3.54. The minimum absolute atomic E-state index is 0. The van der Waals surface area contributed by atoms with Crippen LogP contribution in [-0.4, -0.2) is 31.1 Å². The van der Waals surface area contributed by atoms with E-state index in [1.165, 1.54) is 31.5 Å². The van der Waals surface area contributed by atoms with Crippen molar-refractivity contribution in [3.63, 3.8) is 0 Å². The number of likely N-dealkylation sites (tertiary alicyclic amines) is 1. The number of rotatable bonds is 5. The molecule has 0 atom stereocenters. The Morgan fingerprint density at radius 2 is 1.82 bits per heavy atom. The molecule has 0 aliphatic carbocycles. The van der Waals surface area contributed by atoms with Crippen molar-refractivity contribution in [2.45, 2.75) is 17.1 Å². The summed E-state index contributed by atoms with van der Waals surface area (Å²) in [7, 11) is -1.22. The minimum atomic E-state index is -1.22. The van der Waals surface area contributed by atoms with Crippen LogP contribution in [0.3, 0.4) is 0 Å². The molecule has 0 radical (unpaired) electrons. The Morgan fingerprint density at radius 3 is 2.55 bits per heavy atom. The maximum Gasteiger partial charge on any atom is 0.0326 e. The molecule has 120 valence electrons. The summed E-state index contributed by atoms with van der Waals surface area (Å²) >= 11 is 1.57. The zero-order valence-corrected chi connectivity index (χ0v) is 14.8. The Morgan fingerprint density at radius 1 is 1.09 bits per heavy atom. The summed E-state index contributed by atoms with van der Waals surface area (Å²) in [5, 5.41) is 0. The predicted octanol–water partition coefficient (Wildman–Crippen LogP) is 4.44.